The van der Waals surface area contributed by atoms with E-state index in [9.17, 15) is 19.7 Å². The Morgan fingerprint density at radius 1 is 1.15 bits per heavy atom. The second-order valence-corrected chi connectivity index (χ2v) is 10.1. The molecule has 11 nitrogen and oxygen atoms in total. The van der Waals surface area contributed by atoms with E-state index in [0.29, 0.717) is 21.0 Å². The van der Waals surface area contributed by atoms with Crippen molar-refractivity contribution in [1.82, 2.24) is 9.66 Å². The van der Waals surface area contributed by atoms with Gasteiger partial charge in [0, 0.05) is 26.0 Å². The summed E-state index contributed by atoms with van der Waals surface area (Å²) in [5, 5.41) is 17.2. The fourth-order valence-corrected chi connectivity index (χ4v) is 4.80. The van der Waals surface area contributed by atoms with Crippen LogP contribution < -0.4 is 10.3 Å². The Balaban J connectivity index is 1.67. The molecule has 0 aliphatic carbocycles. The van der Waals surface area contributed by atoms with Crippen LogP contribution in [0.5, 0.6) is 5.75 Å². The van der Waals surface area contributed by atoms with E-state index >= 15 is 0 Å². The number of hydrogen-bond acceptors (Lipinski definition) is 9. The molecule has 0 bridgehead atoms. The largest absolute Gasteiger partial charge is 0.474 e. The molecule has 202 valence electrons. The van der Waals surface area contributed by atoms with Gasteiger partial charge in [-0.05, 0) is 49.4 Å². The predicted molar refractivity (Wildman–Crippen MR) is 155 cm³/mol. The van der Waals surface area contributed by atoms with Gasteiger partial charge < -0.3 is 13.9 Å². The third-order valence-corrected chi connectivity index (χ3v) is 6.62. The summed E-state index contributed by atoms with van der Waals surface area (Å²) in [5.41, 5.74) is 0.245. The van der Waals surface area contributed by atoms with Gasteiger partial charge in [0.05, 0.1) is 28.6 Å². The van der Waals surface area contributed by atoms with Crippen LogP contribution in [0.2, 0.25) is 0 Å². The Morgan fingerprint density at radius 3 is 2.73 bits per heavy atom. The lowest BCUT2D eigenvalue weighted by Gasteiger charge is -2.11. The standard InChI is InChI=1S/C27H18Br2N4O7/c1-2-38-24(34)14-39-25-16(10-18(29)12-21(25)33(36)37)13-30-32-26(31-20-6-4-3-5-19(20)27(32)35)23-11-15-9-17(28)7-8-22(15)40-23/h3-13H,2,14H2,1H3. The summed E-state index contributed by atoms with van der Waals surface area (Å²) < 4.78 is 18.6. The van der Waals surface area contributed by atoms with Gasteiger partial charge in [-0.25, -0.2) is 9.78 Å². The lowest BCUT2D eigenvalue weighted by molar-refractivity contribution is -0.385. The summed E-state index contributed by atoms with van der Waals surface area (Å²) in [7, 11) is 0. The second kappa shape index (κ2) is 11.4. The molecule has 0 atom stereocenters. The van der Waals surface area contributed by atoms with Gasteiger partial charge in [-0.1, -0.05) is 44.0 Å². The lowest BCUT2D eigenvalue weighted by atomic mass is 10.2. The first-order chi connectivity index (χ1) is 19.2. The molecule has 0 unspecified atom stereocenters. The number of fused-ring (bicyclic) bond motifs is 2. The van der Waals surface area contributed by atoms with Crippen molar-refractivity contribution in [3.8, 4) is 17.3 Å². The smallest absolute Gasteiger partial charge is 0.344 e. The average Bonchev–Trinajstić information content (AvgIpc) is 3.34. The van der Waals surface area contributed by atoms with Gasteiger partial charge in [0.1, 0.15) is 5.58 Å². The van der Waals surface area contributed by atoms with Crippen LogP contribution >= 0.6 is 31.9 Å². The third-order valence-electron chi connectivity index (χ3n) is 5.66. The molecule has 0 saturated heterocycles. The van der Waals surface area contributed by atoms with E-state index in [1.165, 1.54) is 18.3 Å². The number of furan rings is 1. The number of rotatable bonds is 8. The van der Waals surface area contributed by atoms with E-state index in [-0.39, 0.29) is 29.5 Å². The molecular weight excluding hydrogens is 652 g/mol. The van der Waals surface area contributed by atoms with Crippen LogP contribution in [-0.4, -0.2) is 40.0 Å². The fraction of sp³-hybridized carbons (Fsp3) is 0.111. The molecular formula is C27H18Br2N4O7. The molecule has 0 amide bonds. The number of carbonyl (C=O) groups excluding carboxylic acids is 1. The van der Waals surface area contributed by atoms with Gasteiger partial charge in [0.15, 0.2) is 12.4 Å². The molecule has 40 heavy (non-hydrogen) atoms. The number of nitrogens with zero attached hydrogens (tertiary/aromatic N) is 4. The maximum Gasteiger partial charge on any atom is 0.344 e. The highest BCUT2D eigenvalue weighted by molar-refractivity contribution is 9.10. The van der Waals surface area contributed by atoms with Crippen molar-refractivity contribution < 1.29 is 23.6 Å². The number of hydrogen-bond donors (Lipinski definition) is 0. The number of aromatic nitrogens is 2. The number of benzene rings is 3. The molecule has 5 rings (SSSR count). The molecule has 2 heterocycles. The Morgan fingerprint density at radius 2 is 1.95 bits per heavy atom. The van der Waals surface area contributed by atoms with Crippen molar-refractivity contribution in [1.29, 1.82) is 0 Å². The Hall–Kier alpha value is -4.36. The predicted octanol–water partition coefficient (Wildman–Crippen LogP) is 6.07. The Bertz CT molecular complexity index is 1880. The molecule has 2 aromatic heterocycles. The summed E-state index contributed by atoms with van der Waals surface area (Å²) in [6.07, 6.45) is 1.22. The minimum absolute atomic E-state index is 0.116. The third kappa shape index (κ3) is 5.51. The number of halogens is 2. The zero-order valence-electron chi connectivity index (χ0n) is 20.7. The van der Waals surface area contributed by atoms with Gasteiger partial charge in [-0.2, -0.15) is 9.78 Å². The van der Waals surface area contributed by atoms with E-state index in [0.717, 1.165) is 14.5 Å². The molecule has 0 spiro atoms. The minimum Gasteiger partial charge on any atom is -0.474 e. The topological polar surface area (TPSA) is 139 Å². The van der Waals surface area contributed by atoms with E-state index in [4.69, 9.17) is 13.9 Å². The zero-order valence-corrected chi connectivity index (χ0v) is 23.8. The van der Waals surface area contributed by atoms with Crippen molar-refractivity contribution in [2.24, 2.45) is 5.10 Å². The summed E-state index contributed by atoms with van der Waals surface area (Å²) in [5.74, 6) is -0.517. The second-order valence-electron chi connectivity index (χ2n) is 8.30. The first-order valence-electron chi connectivity index (χ1n) is 11.8. The summed E-state index contributed by atoms with van der Waals surface area (Å²) in [6.45, 7) is 1.19. The highest BCUT2D eigenvalue weighted by atomic mass is 79.9. The molecule has 5 aromatic rings. The monoisotopic (exact) mass is 668 g/mol. The normalized spacial score (nSPS) is 11.4. The molecule has 13 heteroatoms. The van der Waals surface area contributed by atoms with Crippen molar-refractivity contribution in [2.45, 2.75) is 6.92 Å². The van der Waals surface area contributed by atoms with Crippen LogP contribution in [0.1, 0.15) is 12.5 Å². The van der Waals surface area contributed by atoms with Crippen LogP contribution in [0.25, 0.3) is 33.5 Å². The van der Waals surface area contributed by atoms with Crippen LogP contribution in [-0.2, 0) is 9.53 Å². The highest BCUT2D eigenvalue weighted by Gasteiger charge is 2.22. The van der Waals surface area contributed by atoms with Gasteiger partial charge in [0.2, 0.25) is 11.6 Å². The molecule has 0 N–H and O–H groups in total. The summed E-state index contributed by atoms with van der Waals surface area (Å²) in [6, 6.07) is 16.7. The van der Waals surface area contributed by atoms with E-state index in [1.807, 2.05) is 12.1 Å². The molecule has 0 fully saturated rings. The van der Waals surface area contributed by atoms with E-state index < -0.39 is 28.7 Å². The number of nitro benzene ring substituents is 1. The van der Waals surface area contributed by atoms with Crippen molar-refractivity contribution in [3.05, 3.63) is 95.6 Å². The molecule has 0 aliphatic rings. The van der Waals surface area contributed by atoms with E-state index in [2.05, 4.69) is 41.9 Å². The van der Waals surface area contributed by atoms with Crippen molar-refractivity contribution >= 4 is 71.6 Å². The number of carbonyl (C=O) groups is 1. The zero-order chi connectivity index (χ0) is 28.4. The first-order valence-corrected chi connectivity index (χ1v) is 13.4. The van der Waals surface area contributed by atoms with Crippen molar-refractivity contribution in [2.75, 3.05) is 13.2 Å². The van der Waals surface area contributed by atoms with Crippen molar-refractivity contribution in [3.63, 3.8) is 0 Å². The molecule has 3 aromatic carbocycles. The van der Waals surface area contributed by atoms with Gasteiger partial charge >= 0.3 is 11.7 Å². The molecule has 0 radical (unpaired) electrons. The van der Waals surface area contributed by atoms with Gasteiger partial charge in [-0.15, -0.1) is 0 Å². The quantitative estimate of drug-likeness (QED) is 0.0840. The number of para-hydroxylation sites is 1. The van der Waals surface area contributed by atoms with E-state index in [1.54, 1.807) is 43.3 Å². The summed E-state index contributed by atoms with van der Waals surface area (Å²) in [4.78, 5) is 41.2. The van der Waals surface area contributed by atoms with Crippen LogP contribution in [0.4, 0.5) is 5.69 Å². The maximum atomic E-state index is 13.6. The van der Waals surface area contributed by atoms with Crippen LogP contribution in [0, 0.1) is 10.1 Å². The number of esters is 1. The molecule has 0 saturated carbocycles. The van der Waals surface area contributed by atoms with Crippen LogP contribution in [0.15, 0.2) is 83.9 Å². The first kappa shape index (κ1) is 27.2. The van der Waals surface area contributed by atoms with Gasteiger partial charge in [-0.3, -0.25) is 14.9 Å². The average molecular weight is 670 g/mol. The maximum absolute atomic E-state index is 13.6. The van der Waals surface area contributed by atoms with Gasteiger partial charge in [0.25, 0.3) is 5.56 Å². The highest BCUT2D eigenvalue weighted by Crippen LogP contribution is 2.34. The Kier molecular flexibility index (Phi) is 7.76. The number of nitro groups is 1. The minimum atomic E-state index is -0.698. The van der Waals surface area contributed by atoms with Crippen LogP contribution in [0.3, 0.4) is 0 Å². The SMILES string of the molecule is CCOC(=O)COc1c(C=Nn2c(-c3cc4cc(Br)ccc4o3)nc3ccccc3c2=O)cc(Br)cc1[N+](=O)[O-]. The number of ether oxygens (including phenoxy) is 2. The lowest BCUT2D eigenvalue weighted by Crippen LogP contribution is -2.20. The fourth-order valence-electron chi connectivity index (χ4n) is 3.96. The summed E-state index contributed by atoms with van der Waals surface area (Å²) >= 11 is 6.69. The Labute approximate surface area is 242 Å². The molecule has 0 aliphatic heterocycles.